The van der Waals surface area contributed by atoms with Crippen LogP contribution in [-0.2, 0) is 4.74 Å². The summed E-state index contributed by atoms with van der Waals surface area (Å²) in [7, 11) is 2.34. The molecule has 1 N–H and O–H groups in total. The SMILES string of the molecule is CCCNCC1(CN2CCC3CCC(C2)N3C)CCOC1. The van der Waals surface area contributed by atoms with Gasteiger partial charge in [0.2, 0.25) is 0 Å². The molecule has 3 saturated heterocycles. The lowest BCUT2D eigenvalue weighted by molar-refractivity contribution is 0.103. The number of nitrogens with zero attached hydrogens (tertiary/aromatic N) is 2. The van der Waals surface area contributed by atoms with E-state index in [1.54, 1.807) is 0 Å². The molecule has 3 unspecified atom stereocenters. The number of likely N-dealkylation sites (N-methyl/N-ethyl adjacent to an activating group) is 1. The van der Waals surface area contributed by atoms with Gasteiger partial charge >= 0.3 is 0 Å². The third-order valence-electron chi connectivity index (χ3n) is 5.90. The summed E-state index contributed by atoms with van der Waals surface area (Å²) in [5.74, 6) is 0. The van der Waals surface area contributed by atoms with Crippen molar-refractivity contribution in [3.05, 3.63) is 0 Å². The summed E-state index contributed by atoms with van der Waals surface area (Å²) in [5, 5.41) is 3.65. The summed E-state index contributed by atoms with van der Waals surface area (Å²) in [6.45, 7) is 10.2. The highest BCUT2D eigenvalue weighted by atomic mass is 16.5. The minimum Gasteiger partial charge on any atom is -0.381 e. The van der Waals surface area contributed by atoms with Gasteiger partial charge in [0.25, 0.3) is 0 Å². The summed E-state index contributed by atoms with van der Waals surface area (Å²) in [5.41, 5.74) is 0.358. The van der Waals surface area contributed by atoms with E-state index >= 15 is 0 Å². The van der Waals surface area contributed by atoms with Gasteiger partial charge in [-0.15, -0.1) is 0 Å². The van der Waals surface area contributed by atoms with Crippen LogP contribution in [0.2, 0.25) is 0 Å². The van der Waals surface area contributed by atoms with Crippen LogP contribution in [0.4, 0.5) is 0 Å². The summed E-state index contributed by atoms with van der Waals surface area (Å²) in [4.78, 5) is 5.38. The molecule has 0 spiro atoms. The molecule has 0 saturated carbocycles. The van der Waals surface area contributed by atoms with E-state index < -0.39 is 0 Å². The molecule has 3 fully saturated rings. The van der Waals surface area contributed by atoms with Gasteiger partial charge in [0.05, 0.1) is 6.61 Å². The minimum atomic E-state index is 0.358. The van der Waals surface area contributed by atoms with E-state index in [9.17, 15) is 0 Å². The van der Waals surface area contributed by atoms with Crippen molar-refractivity contribution in [1.29, 1.82) is 0 Å². The molecule has 4 nitrogen and oxygen atoms in total. The van der Waals surface area contributed by atoms with Crippen LogP contribution in [0.15, 0.2) is 0 Å². The van der Waals surface area contributed by atoms with Crippen molar-refractivity contribution in [3.8, 4) is 0 Å². The Balaban J connectivity index is 1.58. The van der Waals surface area contributed by atoms with Gasteiger partial charge in [-0.25, -0.2) is 0 Å². The number of rotatable bonds is 6. The van der Waals surface area contributed by atoms with Crippen molar-refractivity contribution in [1.82, 2.24) is 15.1 Å². The first kappa shape index (κ1) is 15.7. The van der Waals surface area contributed by atoms with Crippen molar-refractivity contribution >= 4 is 0 Å². The monoisotopic (exact) mass is 295 g/mol. The fraction of sp³-hybridized carbons (Fsp3) is 1.00. The van der Waals surface area contributed by atoms with Gasteiger partial charge in [-0.2, -0.15) is 0 Å². The van der Waals surface area contributed by atoms with Gasteiger partial charge in [-0.1, -0.05) is 6.92 Å². The fourth-order valence-electron chi connectivity index (χ4n) is 4.50. The van der Waals surface area contributed by atoms with Gasteiger partial charge in [-0.05, 0) is 52.2 Å². The lowest BCUT2D eigenvalue weighted by Crippen LogP contribution is -2.47. The van der Waals surface area contributed by atoms with Crippen molar-refractivity contribution < 1.29 is 4.74 Å². The smallest absolute Gasteiger partial charge is 0.0547 e. The first-order valence-electron chi connectivity index (χ1n) is 8.95. The second-order valence-corrected chi connectivity index (χ2v) is 7.55. The van der Waals surface area contributed by atoms with E-state index in [-0.39, 0.29) is 0 Å². The number of likely N-dealkylation sites (tertiary alicyclic amines) is 1. The highest BCUT2D eigenvalue weighted by Gasteiger charge is 2.40. The van der Waals surface area contributed by atoms with Gasteiger partial charge in [-0.3, -0.25) is 4.90 Å². The quantitative estimate of drug-likeness (QED) is 0.753. The van der Waals surface area contributed by atoms with Crippen molar-refractivity contribution in [2.45, 2.75) is 51.1 Å². The zero-order valence-corrected chi connectivity index (χ0v) is 13.9. The summed E-state index contributed by atoms with van der Waals surface area (Å²) in [6.07, 6.45) is 6.61. The Morgan fingerprint density at radius 2 is 2.10 bits per heavy atom. The van der Waals surface area contributed by atoms with Gasteiger partial charge in [0.15, 0.2) is 0 Å². The predicted molar refractivity (Wildman–Crippen MR) is 86.7 cm³/mol. The molecule has 0 aliphatic carbocycles. The van der Waals surface area contributed by atoms with Crippen LogP contribution in [-0.4, -0.2) is 74.9 Å². The van der Waals surface area contributed by atoms with Crippen molar-refractivity contribution in [3.63, 3.8) is 0 Å². The maximum atomic E-state index is 5.77. The molecule has 3 atom stereocenters. The van der Waals surface area contributed by atoms with E-state index in [0.717, 1.165) is 38.4 Å². The standard InChI is InChI=1S/C17H33N3O/c1-3-8-18-12-17(7-10-21-14-17)13-20-9-6-15-4-5-16(11-20)19(15)2/h15-16,18H,3-14H2,1-2H3. The number of nitrogens with one attached hydrogen (secondary N) is 1. The number of ether oxygens (including phenoxy) is 1. The second kappa shape index (κ2) is 6.95. The number of fused-ring (bicyclic) bond motifs is 2. The second-order valence-electron chi connectivity index (χ2n) is 7.55. The molecule has 2 bridgehead atoms. The maximum Gasteiger partial charge on any atom is 0.0547 e. The zero-order valence-electron chi connectivity index (χ0n) is 13.9. The molecule has 21 heavy (non-hydrogen) atoms. The molecular formula is C17H33N3O. The Labute approximate surface area is 130 Å². The Morgan fingerprint density at radius 1 is 1.24 bits per heavy atom. The van der Waals surface area contributed by atoms with Gasteiger partial charge < -0.3 is 15.0 Å². The molecule has 3 aliphatic rings. The Kier molecular flexibility index (Phi) is 5.20. The van der Waals surface area contributed by atoms with Crippen LogP contribution >= 0.6 is 0 Å². The molecule has 0 aromatic carbocycles. The molecule has 0 radical (unpaired) electrons. The third kappa shape index (κ3) is 3.61. The molecule has 4 heteroatoms. The van der Waals surface area contributed by atoms with E-state index in [4.69, 9.17) is 4.74 Å². The Morgan fingerprint density at radius 3 is 2.86 bits per heavy atom. The molecule has 122 valence electrons. The van der Waals surface area contributed by atoms with E-state index in [1.165, 1.54) is 51.7 Å². The highest BCUT2D eigenvalue weighted by Crippen LogP contribution is 2.33. The van der Waals surface area contributed by atoms with E-state index in [2.05, 4.69) is 29.1 Å². The van der Waals surface area contributed by atoms with Gasteiger partial charge in [0.1, 0.15) is 0 Å². The lowest BCUT2D eigenvalue weighted by Gasteiger charge is -2.35. The van der Waals surface area contributed by atoms with Crippen molar-refractivity contribution in [2.24, 2.45) is 5.41 Å². The molecular weight excluding hydrogens is 262 g/mol. The molecule has 0 aromatic heterocycles. The number of hydrogen-bond donors (Lipinski definition) is 1. The molecule has 0 amide bonds. The van der Waals surface area contributed by atoms with Crippen LogP contribution in [0.1, 0.15) is 39.0 Å². The van der Waals surface area contributed by atoms with Crippen LogP contribution in [0.25, 0.3) is 0 Å². The van der Waals surface area contributed by atoms with Crippen molar-refractivity contribution in [2.75, 3.05) is 53.0 Å². The first-order chi connectivity index (χ1) is 10.2. The van der Waals surface area contributed by atoms with Crippen LogP contribution in [0.5, 0.6) is 0 Å². The number of hydrogen-bond acceptors (Lipinski definition) is 4. The first-order valence-corrected chi connectivity index (χ1v) is 8.95. The molecule has 3 rings (SSSR count). The predicted octanol–water partition coefficient (Wildman–Crippen LogP) is 1.56. The maximum absolute atomic E-state index is 5.77. The van der Waals surface area contributed by atoms with Gasteiger partial charge in [0, 0.05) is 43.7 Å². The lowest BCUT2D eigenvalue weighted by atomic mass is 9.86. The van der Waals surface area contributed by atoms with Crippen LogP contribution in [0, 0.1) is 5.41 Å². The Bertz CT molecular complexity index is 330. The summed E-state index contributed by atoms with van der Waals surface area (Å²) >= 11 is 0. The normalized spacial score (nSPS) is 38.0. The van der Waals surface area contributed by atoms with Crippen LogP contribution in [0.3, 0.4) is 0 Å². The topological polar surface area (TPSA) is 27.7 Å². The van der Waals surface area contributed by atoms with E-state index in [1.807, 2.05) is 0 Å². The third-order valence-corrected chi connectivity index (χ3v) is 5.90. The van der Waals surface area contributed by atoms with E-state index in [0.29, 0.717) is 5.41 Å². The molecule has 3 heterocycles. The average molecular weight is 295 g/mol. The minimum absolute atomic E-state index is 0.358. The average Bonchev–Trinajstić information content (AvgIpc) is 3.00. The molecule has 3 aliphatic heterocycles. The highest BCUT2D eigenvalue weighted by molar-refractivity contribution is 4.94. The molecule has 0 aromatic rings. The van der Waals surface area contributed by atoms with Crippen LogP contribution < -0.4 is 5.32 Å². The largest absolute Gasteiger partial charge is 0.381 e. The summed E-state index contributed by atoms with van der Waals surface area (Å²) < 4.78 is 5.77. The summed E-state index contributed by atoms with van der Waals surface area (Å²) in [6, 6.07) is 1.63. The fourth-order valence-corrected chi connectivity index (χ4v) is 4.50. The Hall–Kier alpha value is -0.160. The zero-order chi connectivity index (χ0) is 14.7.